The number of carbonyl (C=O) groups excluding carboxylic acids is 1. The van der Waals surface area contributed by atoms with E-state index in [2.05, 4.69) is 20.4 Å². The van der Waals surface area contributed by atoms with Crippen molar-refractivity contribution in [3.8, 4) is 11.3 Å². The lowest BCUT2D eigenvalue weighted by Crippen LogP contribution is -2.43. The highest BCUT2D eigenvalue weighted by Gasteiger charge is 2.30. The molecule has 0 radical (unpaired) electrons. The van der Waals surface area contributed by atoms with Gasteiger partial charge in [0, 0.05) is 31.7 Å². The predicted molar refractivity (Wildman–Crippen MR) is 99.1 cm³/mol. The zero-order valence-corrected chi connectivity index (χ0v) is 15.4. The van der Waals surface area contributed by atoms with E-state index in [-0.39, 0.29) is 11.8 Å². The van der Waals surface area contributed by atoms with Crippen molar-refractivity contribution >= 4 is 5.91 Å². The van der Waals surface area contributed by atoms with Crippen molar-refractivity contribution in [1.82, 2.24) is 20.4 Å². The summed E-state index contributed by atoms with van der Waals surface area (Å²) in [5, 5.41) is 9.78. The largest absolute Gasteiger partial charge is 0.416 e. The monoisotopic (exact) mass is 395 g/mol. The first-order valence-electron chi connectivity index (χ1n) is 9.28. The van der Waals surface area contributed by atoms with Gasteiger partial charge in [-0.2, -0.15) is 18.3 Å². The van der Waals surface area contributed by atoms with Crippen LogP contribution in [-0.4, -0.2) is 47.2 Å². The van der Waals surface area contributed by atoms with E-state index in [1.807, 2.05) is 0 Å². The number of aromatic nitrogens is 2. The number of nitrogens with one attached hydrogen (secondary N) is 2. The van der Waals surface area contributed by atoms with E-state index in [4.69, 9.17) is 5.73 Å². The molecule has 2 heterocycles. The molecular formula is C19H24F3N5O. The van der Waals surface area contributed by atoms with E-state index in [1.165, 1.54) is 12.1 Å². The molecule has 1 aromatic carbocycles. The molecule has 28 heavy (non-hydrogen) atoms. The second kappa shape index (κ2) is 8.74. The maximum absolute atomic E-state index is 12.8. The predicted octanol–water partition coefficient (Wildman–Crippen LogP) is 2.38. The van der Waals surface area contributed by atoms with E-state index in [9.17, 15) is 18.0 Å². The number of alkyl halides is 3. The zero-order chi connectivity index (χ0) is 20.1. The number of carbonyl (C=O) groups is 1. The summed E-state index contributed by atoms with van der Waals surface area (Å²) in [5.41, 5.74) is 6.99. The molecule has 0 bridgehead atoms. The van der Waals surface area contributed by atoms with E-state index < -0.39 is 11.7 Å². The van der Waals surface area contributed by atoms with Gasteiger partial charge in [-0.3, -0.25) is 14.8 Å². The number of piperidine rings is 1. The molecule has 1 fully saturated rings. The van der Waals surface area contributed by atoms with E-state index in [1.54, 1.807) is 6.20 Å². The summed E-state index contributed by atoms with van der Waals surface area (Å²) in [6.45, 7) is 2.95. The summed E-state index contributed by atoms with van der Waals surface area (Å²) < 4.78 is 38.3. The average molecular weight is 395 g/mol. The number of nitrogens with zero attached hydrogens (tertiary/aromatic N) is 2. The van der Waals surface area contributed by atoms with E-state index >= 15 is 0 Å². The van der Waals surface area contributed by atoms with Gasteiger partial charge in [0.2, 0.25) is 5.91 Å². The number of hydrogen-bond acceptors (Lipinski definition) is 4. The Morgan fingerprint density at radius 3 is 2.75 bits per heavy atom. The van der Waals surface area contributed by atoms with Gasteiger partial charge in [-0.25, -0.2) is 0 Å². The van der Waals surface area contributed by atoms with Crippen molar-refractivity contribution in [2.24, 2.45) is 11.7 Å². The van der Waals surface area contributed by atoms with Gasteiger partial charge in [0.1, 0.15) is 0 Å². The minimum Gasteiger partial charge on any atom is -0.355 e. The summed E-state index contributed by atoms with van der Waals surface area (Å²) >= 11 is 0. The van der Waals surface area contributed by atoms with Crippen molar-refractivity contribution in [2.75, 3.05) is 26.2 Å². The Hall–Kier alpha value is -2.39. The molecule has 0 spiro atoms. The normalized spacial score (nSPS) is 18.2. The van der Waals surface area contributed by atoms with Crippen LogP contribution in [0.4, 0.5) is 13.2 Å². The number of aromatic amines is 1. The summed E-state index contributed by atoms with van der Waals surface area (Å²) in [4.78, 5) is 14.4. The molecule has 1 unspecified atom stereocenters. The Bertz CT molecular complexity index is 788. The molecule has 0 aliphatic carbocycles. The zero-order valence-electron chi connectivity index (χ0n) is 15.4. The lowest BCUT2D eigenvalue weighted by atomic mass is 9.96. The Morgan fingerprint density at radius 2 is 2.07 bits per heavy atom. The number of nitrogens with two attached hydrogens (primary N) is 1. The third-order valence-electron chi connectivity index (χ3n) is 4.93. The van der Waals surface area contributed by atoms with Crippen molar-refractivity contribution in [3.63, 3.8) is 0 Å². The molecule has 1 amide bonds. The molecule has 1 atom stereocenters. The highest BCUT2D eigenvalue weighted by atomic mass is 19.4. The summed E-state index contributed by atoms with van der Waals surface area (Å²) in [5.74, 6) is -0.0629. The van der Waals surface area contributed by atoms with Gasteiger partial charge in [0.15, 0.2) is 0 Å². The van der Waals surface area contributed by atoms with E-state index in [0.29, 0.717) is 37.4 Å². The Morgan fingerprint density at radius 1 is 1.32 bits per heavy atom. The number of amides is 1. The van der Waals surface area contributed by atoms with Gasteiger partial charge in [-0.05, 0) is 37.1 Å². The molecule has 1 saturated heterocycles. The third-order valence-corrected chi connectivity index (χ3v) is 4.93. The van der Waals surface area contributed by atoms with Crippen LogP contribution >= 0.6 is 0 Å². The molecule has 9 heteroatoms. The van der Waals surface area contributed by atoms with Crippen LogP contribution in [0.15, 0.2) is 30.5 Å². The first kappa shape index (κ1) is 20.3. The lowest BCUT2D eigenvalue weighted by molar-refractivity contribution is -0.137. The second-order valence-corrected chi connectivity index (χ2v) is 7.00. The van der Waals surface area contributed by atoms with Crippen LogP contribution in [0, 0.1) is 5.92 Å². The number of benzene rings is 1. The number of H-pyrrole nitrogens is 1. The average Bonchev–Trinajstić information content (AvgIpc) is 3.13. The molecule has 1 aliphatic heterocycles. The fraction of sp³-hybridized carbons (Fsp3) is 0.474. The number of halogens is 3. The number of rotatable bonds is 6. The topological polar surface area (TPSA) is 87.0 Å². The van der Waals surface area contributed by atoms with Crippen molar-refractivity contribution in [2.45, 2.75) is 25.6 Å². The number of hydrogen-bond donors (Lipinski definition) is 3. The van der Waals surface area contributed by atoms with Crippen LogP contribution in [-0.2, 0) is 17.5 Å². The molecule has 1 aliphatic rings. The van der Waals surface area contributed by atoms with Gasteiger partial charge in [0.25, 0.3) is 0 Å². The van der Waals surface area contributed by atoms with Crippen LogP contribution in [0.5, 0.6) is 0 Å². The van der Waals surface area contributed by atoms with E-state index in [0.717, 1.165) is 37.1 Å². The Balaban J connectivity index is 1.68. The quantitative estimate of drug-likeness (QED) is 0.701. The van der Waals surface area contributed by atoms with Crippen LogP contribution in [0.3, 0.4) is 0 Å². The SMILES string of the molecule is NCCNC(=O)C1CCCN(Cc2cn[nH]c2-c2ccc(C(F)(F)F)cc2)C1. The molecule has 6 nitrogen and oxygen atoms in total. The van der Waals surface area contributed by atoms with Crippen LogP contribution in [0.25, 0.3) is 11.3 Å². The number of likely N-dealkylation sites (tertiary alicyclic amines) is 1. The van der Waals surface area contributed by atoms with Gasteiger partial charge < -0.3 is 11.1 Å². The first-order valence-corrected chi connectivity index (χ1v) is 9.28. The molecule has 4 N–H and O–H groups in total. The van der Waals surface area contributed by atoms with Gasteiger partial charge in [-0.15, -0.1) is 0 Å². The maximum Gasteiger partial charge on any atom is 0.416 e. The van der Waals surface area contributed by atoms with Crippen LogP contribution in [0.1, 0.15) is 24.0 Å². The molecule has 0 saturated carbocycles. The van der Waals surface area contributed by atoms with Crippen molar-refractivity contribution in [3.05, 3.63) is 41.6 Å². The minimum absolute atomic E-state index is 0.0188. The standard InChI is InChI=1S/C19H24F3N5O/c20-19(21,22)16-5-3-13(4-6-16)17-15(10-25-26-17)12-27-9-1-2-14(11-27)18(28)24-8-7-23/h3-6,10,14H,1-2,7-9,11-12,23H2,(H,24,28)(H,25,26). The Labute approximate surface area is 161 Å². The fourth-order valence-corrected chi connectivity index (χ4v) is 3.50. The highest BCUT2D eigenvalue weighted by molar-refractivity contribution is 5.79. The minimum atomic E-state index is -4.36. The molecule has 152 valence electrons. The van der Waals surface area contributed by atoms with Gasteiger partial charge >= 0.3 is 6.18 Å². The highest BCUT2D eigenvalue weighted by Crippen LogP contribution is 2.31. The smallest absolute Gasteiger partial charge is 0.355 e. The van der Waals surface area contributed by atoms with Crippen LogP contribution < -0.4 is 11.1 Å². The first-order chi connectivity index (χ1) is 13.4. The van der Waals surface area contributed by atoms with Gasteiger partial charge in [-0.1, -0.05) is 12.1 Å². The third kappa shape index (κ3) is 4.90. The molecular weight excluding hydrogens is 371 g/mol. The summed E-state index contributed by atoms with van der Waals surface area (Å²) in [7, 11) is 0. The fourth-order valence-electron chi connectivity index (χ4n) is 3.50. The summed E-state index contributed by atoms with van der Waals surface area (Å²) in [6.07, 6.45) is -0.925. The van der Waals surface area contributed by atoms with Crippen molar-refractivity contribution < 1.29 is 18.0 Å². The second-order valence-electron chi connectivity index (χ2n) is 7.00. The lowest BCUT2D eigenvalue weighted by Gasteiger charge is -2.31. The summed E-state index contributed by atoms with van der Waals surface area (Å²) in [6, 6.07) is 5.02. The van der Waals surface area contributed by atoms with Crippen LogP contribution in [0.2, 0.25) is 0 Å². The molecule has 1 aromatic heterocycles. The molecule has 2 aromatic rings. The van der Waals surface area contributed by atoms with Crippen molar-refractivity contribution in [1.29, 1.82) is 0 Å². The Kier molecular flexibility index (Phi) is 6.35. The van der Waals surface area contributed by atoms with Gasteiger partial charge in [0.05, 0.1) is 23.4 Å². The maximum atomic E-state index is 12.8. The molecule has 3 rings (SSSR count).